The van der Waals surface area contributed by atoms with Gasteiger partial charge in [-0.15, -0.1) is 0 Å². The molecule has 0 N–H and O–H groups in total. The molecule has 7 nitrogen and oxygen atoms in total. The van der Waals surface area contributed by atoms with Crippen LogP contribution in [0.2, 0.25) is 5.02 Å². The summed E-state index contributed by atoms with van der Waals surface area (Å²) in [4.78, 5) is 41.3. The highest BCUT2D eigenvalue weighted by Crippen LogP contribution is 2.36. The van der Waals surface area contributed by atoms with Crippen LogP contribution in [0.3, 0.4) is 0 Å². The molecular weight excluding hydrogens is 567 g/mol. The van der Waals surface area contributed by atoms with Crippen molar-refractivity contribution < 1.29 is 28.2 Å². The zero-order chi connectivity index (χ0) is 28.9. The summed E-state index contributed by atoms with van der Waals surface area (Å²) < 4.78 is 25.7. The highest BCUT2D eigenvalue weighted by atomic mass is 35.5. The number of piperidine rings is 1. The first-order chi connectivity index (χ1) is 19.8. The molecule has 10 heteroatoms. The molecule has 0 bridgehead atoms. The summed E-state index contributed by atoms with van der Waals surface area (Å²) in [7, 11) is 1.51. The molecule has 2 aliphatic heterocycles. The molecule has 0 unspecified atom stereocenters. The third-order valence-corrected chi connectivity index (χ3v) is 8.24. The van der Waals surface area contributed by atoms with Crippen LogP contribution in [0.5, 0.6) is 11.5 Å². The lowest BCUT2D eigenvalue weighted by Gasteiger charge is -2.26. The van der Waals surface area contributed by atoms with Crippen molar-refractivity contribution in [3.8, 4) is 11.5 Å². The second kappa shape index (κ2) is 12.8. The minimum Gasteiger partial charge on any atom is -0.493 e. The predicted octanol–water partition coefficient (Wildman–Crippen LogP) is 6.93. The van der Waals surface area contributed by atoms with Crippen LogP contribution in [0.25, 0.3) is 6.08 Å². The summed E-state index contributed by atoms with van der Waals surface area (Å²) in [5, 5.41) is -0.355. The molecule has 3 amide bonds. The number of hydrogen-bond acceptors (Lipinski definition) is 6. The molecule has 2 aliphatic rings. The number of rotatable bonds is 8. The van der Waals surface area contributed by atoms with E-state index in [1.807, 2.05) is 29.2 Å². The van der Waals surface area contributed by atoms with Crippen LogP contribution in [0, 0.1) is 5.82 Å². The van der Waals surface area contributed by atoms with Crippen LogP contribution in [-0.4, -0.2) is 47.1 Å². The lowest BCUT2D eigenvalue weighted by atomic mass is 10.1. The Morgan fingerprint density at radius 1 is 1.02 bits per heavy atom. The summed E-state index contributed by atoms with van der Waals surface area (Å²) in [5.74, 6) is -0.0969. The SMILES string of the molecule is COc1cc(/C=C2\SC(=O)N(Cc3c(F)cccc3Cl)C2=O)ccc1OCc1ccc(C(=O)N2CCCCC2)cc1. The first-order valence-corrected chi connectivity index (χ1v) is 14.4. The van der Waals surface area contributed by atoms with Gasteiger partial charge in [0.25, 0.3) is 17.1 Å². The van der Waals surface area contributed by atoms with E-state index in [0.29, 0.717) is 22.6 Å². The lowest BCUT2D eigenvalue weighted by Crippen LogP contribution is -2.35. The van der Waals surface area contributed by atoms with Crippen LogP contribution in [0.4, 0.5) is 9.18 Å². The van der Waals surface area contributed by atoms with Gasteiger partial charge in [0.05, 0.1) is 18.6 Å². The average molecular weight is 595 g/mol. The Labute approximate surface area is 246 Å². The molecule has 0 saturated carbocycles. The van der Waals surface area contributed by atoms with Gasteiger partial charge in [-0.05, 0) is 84.6 Å². The number of nitrogens with zero attached hydrogens (tertiary/aromatic N) is 2. The second-order valence-electron chi connectivity index (χ2n) is 9.72. The first-order valence-electron chi connectivity index (χ1n) is 13.2. The van der Waals surface area contributed by atoms with Gasteiger partial charge in [0.15, 0.2) is 11.5 Å². The van der Waals surface area contributed by atoms with Gasteiger partial charge >= 0.3 is 0 Å². The van der Waals surface area contributed by atoms with Crippen molar-refractivity contribution >= 4 is 46.5 Å². The maximum atomic E-state index is 14.2. The third-order valence-electron chi connectivity index (χ3n) is 6.98. The summed E-state index contributed by atoms with van der Waals surface area (Å²) in [5.41, 5.74) is 2.28. The van der Waals surface area contributed by atoms with Crippen molar-refractivity contribution in [1.82, 2.24) is 9.80 Å². The zero-order valence-electron chi connectivity index (χ0n) is 22.4. The number of imide groups is 1. The quantitative estimate of drug-likeness (QED) is 0.263. The molecule has 2 fully saturated rings. The van der Waals surface area contributed by atoms with Gasteiger partial charge < -0.3 is 14.4 Å². The number of methoxy groups -OCH3 is 1. The molecule has 212 valence electrons. The molecule has 5 rings (SSSR count). The van der Waals surface area contributed by atoms with Gasteiger partial charge in [0.2, 0.25) is 0 Å². The van der Waals surface area contributed by atoms with E-state index < -0.39 is 17.0 Å². The second-order valence-corrected chi connectivity index (χ2v) is 11.1. The highest BCUT2D eigenvalue weighted by molar-refractivity contribution is 8.18. The Morgan fingerprint density at radius 2 is 1.78 bits per heavy atom. The third kappa shape index (κ3) is 6.57. The molecule has 3 aromatic rings. The molecule has 0 atom stereocenters. The Hall–Kier alpha value is -3.82. The van der Waals surface area contributed by atoms with Crippen LogP contribution >= 0.6 is 23.4 Å². The van der Waals surface area contributed by atoms with E-state index in [1.165, 1.54) is 31.7 Å². The first kappa shape index (κ1) is 28.7. The Balaban J connectivity index is 1.23. The molecule has 0 radical (unpaired) electrons. The number of amides is 3. The molecule has 41 heavy (non-hydrogen) atoms. The van der Waals surface area contributed by atoms with E-state index in [4.69, 9.17) is 21.1 Å². The maximum Gasteiger partial charge on any atom is 0.293 e. The number of benzene rings is 3. The molecule has 2 saturated heterocycles. The van der Waals surface area contributed by atoms with Gasteiger partial charge in [0.1, 0.15) is 12.4 Å². The summed E-state index contributed by atoms with van der Waals surface area (Å²) in [6, 6.07) is 16.8. The van der Waals surface area contributed by atoms with E-state index in [1.54, 1.807) is 24.3 Å². The summed E-state index contributed by atoms with van der Waals surface area (Å²) in [6.45, 7) is 1.63. The number of ether oxygens (including phenoxy) is 2. The van der Waals surface area contributed by atoms with Crippen LogP contribution < -0.4 is 9.47 Å². The van der Waals surface area contributed by atoms with E-state index in [2.05, 4.69) is 0 Å². The fraction of sp³-hybridized carbons (Fsp3) is 0.258. The summed E-state index contributed by atoms with van der Waals surface area (Å²) in [6.07, 6.45) is 4.85. The average Bonchev–Trinajstić information content (AvgIpc) is 3.25. The number of hydrogen-bond donors (Lipinski definition) is 0. The number of carbonyl (C=O) groups excluding carboxylic acids is 3. The van der Waals surface area contributed by atoms with E-state index >= 15 is 0 Å². The Kier molecular flexibility index (Phi) is 8.95. The number of thioether (sulfide) groups is 1. The number of likely N-dealkylation sites (tertiary alicyclic amines) is 1. The minimum atomic E-state index is -0.581. The molecule has 3 aromatic carbocycles. The topological polar surface area (TPSA) is 76.1 Å². The number of carbonyl (C=O) groups is 3. The fourth-order valence-electron chi connectivity index (χ4n) is 4.71. The Morgan fingerprint density at radius 3 is 2.49 bits per heavy atom. The maximum absolute atomic E-state index is 14.2. The number of halogens is 2. The molecule has 0 aliphatic carbocycles. The van der Waals surface area contributed by atoms with E-state index in [-0.39, 0.29) is 34.6 Å². The van der Waals surface area contributed by atoms with E-state index in [0.717, 1.165) is 48.2 Å². The standard InChI is InChI=1S/C31H28ClFN2O5S/c1-39-27-16-21(17-28-30(37)35(31(38)41-28)18-23-24(32)6-5-7-25(23)33)10-13-26(27)40-19-20-8-11-22(12-9-20)29(36)34-14-3-2-4-15-34/h5-13,16-17H,2-4,14-15,18-19H2,1H3/b28-17-. The van der Waals surface area contributed by atoms with Crippen LogP contribution in [-0.2, 0) is 17.9 Å². The predicted molar refractivity (Wildman–Crippen MR) is 156 cm³/mol. The van der Waals surface area contributed by atoms with Crippen molar-refractivity contribution in [2.24, 2.45) is 0 Å². The largest absolute Gasteiger partial charge is 0.493 e. The molecule has 0 spiro atoms. The lowest BCUT2D eigenvalue weighted by molar-refractivity contribution is -0.123. The normalized spacial score (nSPS) is 16.4. The fourth-order valence-corrected chi connectivity index (χ4v) is 5.77. The van der Waals surface area contributed by atoms with Crippen molar-refractivity contribution in [1.29, 1.82) is 0 Å². The monoisotopic (exact) mass is 594 g/mol. The van der Waals surface area contributed by atoms with Crippen LogP contribution in [0.15, 0.2) is 65.6 Å². The van der Waals surface area contributed by atoms with Gasteiger partial charge in [-0.3, -0.25) is 19.3 Å². The van der Waals surface area contributed by atoms with Crippen molar-refractivity contribution in [2.75, 3.05) is 20.2 Å². The van der Waals surface area contributed by atoms with Gasteiger partial charge in [-0.25, -0.2) is 4.39 Å². The molecule has 2 heterocycles. The smallest absolute Gasteiger partial charge is 0.293 e. The van der Waals surface area contributed by atoms with Crippen molar-refractivity contribution in [3.63, 3.8) is 0 Å². The zero-order valence-corrected chi connectivity index (χ0v) is 24.0. The van der Waals surface area contributed by atoms with Gasteiger partial charge in [-0.1, -0.05) is 35.9 Å². The highest BCUT2D eigenvalue weighted by Gasteiger charge is 2.36. The minimum absolute atomic E-state index is 0.0586. The Bertz CT molecular complexity index is 1480. The van der Waals surface area contributed by atoms with Crippen molar-refractivity contribution in [2.45, 2.75) is 32.4 Å². The van der Waals surface area contributed by atoms with Gasteiger partial charge in [0, 0.05) is 29.2 Å². The summed E-state index contributed by atoms with van der Waals surface area (Å²) >= 11 is 6.86. The molecule has 0 aromatic heterocycles. The van der Waals surface area contributed by atoms with E-state index in [9.17, 15) is 18.8 Å². The van der Waals surface area contributed by atoms with Crippen molar-refractivity contribution in [3.05, 3.63) is 98.7 Å². The molecular formula is C31H28ClFN2O5S. The van der Waals surface area contributed by atoms with Gasteiger partial charge in [-0.2, -0.15) is 0 Å². The van der Waals surface area contributed by atoms with Crippen LogP contribution in [0.1, 0.15) is 46.3 Å².